The molecule has 1 fully saturated rings. The number of hydrogen-bond acceptors (Lipinski definition) is 2. The molecule has 0 amide bonds. The maximum atomic E-state index is 2.38. The molecule has 98 valence electrons. The lowest BCUT2D eigenvalue weighted by Crippen LogP contribution is -1.91. The van der Waals surface area contributed by atoms with Gasteiger partial charge < -0.3 is 0 Å². The fraction of sp³-hybridized carbons (Fsp3) is 0.294. The zero-order valence-corrected chi connectivity index (χ0v) is 12.9. The minimum atomic E-state index is 0.418. The van der Waals surface area contributed by atoms with Crippen molar-refractivity contribution in [2.75, 3.05) is 0 Å². The zero-order valence-electron chi connectivity index (χ0n) is 11.2. The molecule has 1 aliphatic rings. The number of benzene rings is 2. The minimum absolute atomic E-state index is 0.418. The van der Waals surface area contributed by atoms with Crippen LogP contribution >= 0.6 is 23.5 Å². The SMILES string of the molecule is CC1(C)C(Sc2ccccc2)C1Sc1ccccc1. The first kappa shape index (κ1) is 13.1. The van der Waals surface area contributed by atoms with E-state index < -0.39 is 0 Å². The number of rotatable bonds is 4. The van der Waals surface area contributed by atoms with Gasteiger partial charge >= 0.3 is 0 Å². The quantitative estimate of drug-likeness (QED) is 0.743. The highest BCUT2D eigenvalue weighted by Crippen LogP contribution is 2.62. The highest BCUT2D eigenvalue weighted by molar-refractivity contribution is 8.05. The van der Waals surface area contributed by atoms with Crippen molar-refractivity contribution in [2.24, 2.45) is 5.41 Å². The van der Waals surface area contributed by atoms with Crippen LogP contribution in [0.1, 0.15) is 13.8 Å². The maximum absolute atomic E-state index is 2.38. The Hall–Kier alpha value is -0.860. The van der Waals surface area contributed by atoms with E-state index in [-0.39, 0.29) is 0 Å². The lowest BCUT2D eigenvalue weighted by atomic mass is 10.2. The van der Waals surface area contributed by atoms with E-state index >= 15 is 0 Å². The molecule has 19 heavy (non-hydrogen) atoms. The van der Waals surface area contributed by atoms with Gasteiger partial charge in [0.05, 0.1) is 0 Å². The van der Waals surface area contributed by atoms with Crippen molar-refractivity contribution < 1.29 is 0 Å². The molecule has 2 heteroatoms. The lowest BCUT2D eigenvalue weighted by Gasteiger charge is -2.01. The Morgan fingerprint density at radius 2 is 1.05 bits per heavy atom. The molecule has 0 nitrogen and oxygen atoms in total. The predicted molar refractivity (Wildman–Crippen MR) is 86.0 cm³/mol. The predicted octanol–water partition coefficient (Wildman–Crippen LogP) is 5.35. The molecule has 0 radical (unpaired) electrons. The van der Waals surface area contributed by atoms with E-state index in [1.165, 1.54) is 9.79 Å². The van der Waals surface area contributed by atoms with Gasteiger partial charge in [-0.3, -0.25) is 0 Å². The number of hydrogen-bond donors (Lipinski definition) is 0. The summed E-state index contributed by atoms with van der Waals surface area (Å²) in [4.78, 5) is 2.77. The van der Waals surface area contributed by atoms with Crippen LogP contribution < -0.4 is 0 Å². The Labute approximate surface area is 124 Å². The molecule has 3 rings (SSSR count). The molecule has 0 aromatic heterocycles. The van der Waals surface area contributed by atoms with Crippen LogP contribution in [0.3, 0.4) is 0 Å². The summed E-state index contributed by atoms with van der Waals surface area (Å²) < 4.78 is 0. The van der Waals surface area contributed by atoms with Crippen LogP contribution in [0.5, 0.6) is 0 Å². The van der Waals surface area contributed by atoms with Crippen LogP contribution in [-0.4, -0.2) is 10.5 Å². The normalized spacial score (nSPS) is 24.1. The third-order valence-electron chi connectivity index (χ3n) is 3.64. The standard InChI is InChI=1S/C17H18S2/c1-17(2)15(18-13-9-5-3-6-10-13)16(17)19-14-11-7-4-8-12-14/h3-12,15-16H,1-2H3. The third-order valence-corrected chi connectivity index (χ3v) is 7.17. The van der Waals surface area contributed by atoms with E-state index in [1.54, 1.807) is 0 Å². The second-order valence-electron chi connectivity index (χ2n) is 5.52. The second kappa shape index (κ2) is 5.26. The first-order valence-electron chi connectivity index (χ1n) is 6.61. The average Bonchev–Trinajstić information content (AvgIpc) is 2.93. The van der Waals surface area contributed by atoms with Crippen molar-refractivity contribution >= 4 is 23.5 Å². The van der Waals surface area contributed by atoms with Gasteiger partial charge in [-0.25, -0.2) is 0 Å². The molecule has 2 aromatic rings. The summed E-state index contributed by atoms with van der Waals surface area (Å²) in [6.45, 7) is 4.77. The smallest absolute Gasteiger partial charge is 0.0285 e. The van der Waals surface area contributed by atoms with Crippen molar-refractivity contribution in [3.8, 4) is 0 Å². The second-order valence-corrected chi connectivity index (χ2v) is 7.95. The summed E-state index contributed by atoms with van der Waals surface area (Å²) in [6.07, 6.45) is 0. The van der Waals surface area contributed by atoms with Crippen LogP contribution in [0, 0.1) is 5.41 Å². The first-order chi connectivity index (χ1) is 9.18. The maximum Gasteiger partial charge on any atom is 0.0285 e. The average molecular weight is 286 g/mol. The third kappa shape index (κ3) is 2.85. The van der Waals surface area contributed by atoms with E-state index in [2.05, 4.69) is 74.5 Å². The number of thioether (sulfide) groups is 2. The van der Waals surface area contributed by atoms with Gasteiger partial charge in [-0.05, 0) is 29.7 Å². The molecule has 2 unspecified atom stereocenters. The van der Waals surface area contributed by atoms with Crippen LogP contribution in [-0.2, 0) is 0 Å². The first-order valence-corrected chi connectivity index (χ1v) is 8.37. The molecule has 0 saturated heterocycles. The van der Waals surface area contributed by atoms with Gasteiger partial charge in [0, 0.05) is 20.3 Å². The molecular weight excluding hydrogens is 268 g/mol. The van der Waals surface area contributed by atoms with Crippen LogP contribution in [0.15, 0.2) is 70.5 Å². The Kier molecular flexibility index (Phi) is 3.64. The zero-order chi connectivity index (χ0) is 13.3. The van der Waals surface area contributed by atoms with Gasteiger partial charge in [-0.15, -0.1) is 23.5 Å². The highest BCUT2D eigenvalue weighted by Gasteiger charge is 2.58. The van der Waals surface area contributed by atoms with Crippen LogP contribution in [0.2, 0.25) is 0 Å². The summed E-state index contributed by atoms with van der Waals surface area (Å²) in [7, 11) is 0. The topological polar surface area (TPSA) is 0 Å². The fourth-order valence-corrected chi connectivity index (χ4v) is 5.59. The highest BCUT2D eigenvalue weighted by atomic mass is 32.2. The van der Waals surface area contributed by atoms with Crippen LogP contribution in [0.4, 0.5) is 0 Å². The minimum Gasteiger partial charge on any atom is -0.121 e. The Bertz CT molecular complexity index is 484. The van der Waals surface area contributed by atoms with Crippen molar-refractivity contribution in [3.05, 3.63) is 60.7 Å². The van der Waals surface area contributed by atoms with Crippen molar-refractivity contribution in [1.82, 2.24) is 0 Å². The molecule has 0 N–H and O–H groups in total. The van der Waals surface area contributed by atoms with Gasteiger partial charge in [0.2, 0.25) is 0 Å². The van der Waals surface area contributed by atoms with Gasteiger partial charge in [0.25, 0.3) is 0 Å². The molecule has 0 aliphatic heterocycles. The van der Waals surface area contributed by atoms with Crippen molar-refractivity contribution in [3.63, 3.8) is 0 Å². The van der Waals surface area contributed by atoms with E-state index in [4.69, 9.17) is 0 Å². The molecule has 1 aliphatic carbocycles. The molecule has 1 saturated carbocycles. The molecule has 0 bridgehead atoms. The van der Waals surface area contributed by atoms with Gasteiger partial charge in [0.15, 0.2) is 0 Å². The van der Waals surface area contributed by atoms with Gasteiger partial charge in [0.1, 0.15) is 0 Å². The molecule has 2 atom stereocenters. The largest absolute Gasteiger partial charge is 0.121 e. The van der Waals surface area contributed by atoms with E-state index in [9.17, 15) is 0 Å². The van der Waals surface area contributed by atoms with Gasteiger partial charge in [-0.1, -0.05) is 50.2 Å². The molecule has 0 spiro atoms. The summed E-state index contributed by atoms with van der Waals surface area (Å²) in [5.74, 6) is 0. The molecule has 2 aromatic carbocycles. The molecule has 0 heterocycles. The van der Waals surface area contributed by atoms with Crippen molar-refractivity contribution in [2.45, 2.75) is 34.1 Å². The fourth-order valence-electron chi connectivity index (χ4n) is 2.26. The van der Waals surface area contributed by atoms with E-state index in [0.717, 1.165) is 0 Å². The summed E-state index contributed by atoms with van der Waals surface area (Å²) in [5, 5.41) is 1.42. The van der Waals surface area contributed by atoms with Crippen LogP contribution in [0.25, 0.3) is 0 Å². The Morgan fingerprint density at radius 1 is 0.684 bits per heavy atom. The monoisotopic (exact) mass is 286 g/mol. The van der Waals surface area contributed by atoms with E-state index in [0.29, 0.717) is 15.9 Å². The van der Waals surface area contributed by atoms with E-state index in [1.807, 2.05) is 23.5 Å². The summed E-state index contributed by atoms with van der Waals surface area (Å²) in [5.41, 5.74) is 0.418. The Balaban J connectivity index is 1.67. The lowest BCUT2D eigenvalue weighted by molar-refractivity contribution is 0.662. The Morgan fingerprint density at radius 3 is 1.42 bits per heavy atom. The van der Waals surface area contributed by atoms with Crippen molar-refractivity contribution in [1.29, 1.82) is 0 Å². The van der Waals surface area contributed by atoms with Gasteiger partial charge in [-0.2, -0.15) is 0 Å². The summed E-state index contributed by atoms with van der Waals surface area (Å²) >= 11 is 4.05. The summed E-state index contributed by atoms with van der Waals surface area (Å²) in [6, 6.07) is 21.5. The molecular formula is C17H18S2.